The first kappa shape index (κ1) is 7.51. The van der Waals surface area contributed by atoms with Crippen LogP contribution in [0.15, 0.2) is 0 Å². The molecule has 0 nitrogen and oxygen atoms in total. The van der Waals surface area contributed by atoms with E-state index in [2.05, 4.69) is 0 Å². The van der Waals surface area contributed by atoms with Gasteiger partial charge in [-0.15, -0.1) is 23.2 Å². The maximum atomic E-state index is 5.57. The number of alkyl halides is 2. The van der Waals surface area contributed by atoms with Gasteiger partial charge in [-0.2, -0.15) is 0 Å². The first-order valence-corrected chi connectivity index (χ1v) is 2.84. The van der Waals surface area contributed by atoms with E-state index < -0.39 is 0 Å². The Labute approximate surface area is 52.2 Å². The van der Waals surface area contributed by atoms with E-state index in [1.807, 2.05) is 0 Å². The quantitative estimate of drug-likeness (QED) is 0.459. The average molecular weight is 145 g/mol. The first-order valence-electron chi connectivity index (χ1n) is 2.09. The van der Waals surface area contributed by atoms with Crippen molar-refractivity contribution in [1.82, 2.24) is 0 Å². The zero-order valence-electron chi connectivity index (χ0n) is 3.79. The predicted octanol–water partition coefficient (Wildman–Crippen LogP) is 2.50. The SMILES string of the molecule is ClC1(Cl)CCC1.F. The predicted molar refractivity (Wildman–Crippen MR) is 30.8 cm³/mol. The van der Waals surface area contributed by atoms with Gasteiger partial charge in [-0.05, 0) is 19.3 Å². The van der Waals surface area contributed by atoms with Crippen molar-refractivity contribution < 1.29 is 4.70 Å². The van der Waals surface area contributed by atoms with Crippen LogP contribution in [-0.2, 0) is 0 Å². The van der Waals surface area contributed by atoms with E-state index in [1.165, 1.54) is 6.42 Å². The number of halogens is 3. The fraction of sp³-hybridized carbons (Fsp3) is 1.00. The minimum Gasteiger partial charge on any atom is -0.269 e. The molecule has 0 heterocycles. The van der Waals surface area contributed by atoms with Crippen LogP contribution >= 0.6 is 23.2 Å². The van der Waals surface area contributed by atoms with Crippen molar-refractivity contribution in [1.29, 1.82) is 0 Å². The van der Waals surface area contributed by atoms with Crippen LogP contribution < -0.4 is 0 Å². The first-order chi connectivity index (χ1) is 2.71. The van der Waals surface area contributed by atoms with Gasteiger partial charge in [0.05, 0.1) is 0 Å². The van der Waals surface area contributed by atoms with E-state index in [0.29, 0.717) is 0 Å². The Balaban J connectivity index is 0.000000360. The highest BCUT2D eigenvalue weighted by atomic mass is 35.5. The average Bonchev–Trinajstić information content (AvgIpc) is 1.32. The van der Waals surface area contributed by atoms with Crippen LogP contribution in [0.3, 0.4) is 0 Å². The van der Waals surface area contributed by atoms with Gasteiger partial charge in [0.2, 0.25) is 0 Å². The molecule has 1 saturated carbocycles. The minimum absolute atomic E-state index is 0. The Morgan fingerprint density at radius 2 is 1.43 bits per heavy atom. The van der Waals surface area contributed by atoms with Crippen molar-refractivity contribution in [3.8, 4) is 0 Å². The summed E-state index contributed by atoms with van der Waals surface area (Å²) in [7, 11) is 0. The maximum Gasteiger partial charge on any atom is 0.118 e. The molecular formula is C4H7Cl2F. The standard InChI is InChI=1S/C4H6Cl2.FH/c5-4(6)2-1-3-4;/h1-3H2;1H. The molecule has 0 radical (unpaired) electrons. The summed E-state index contributed by atoms with van der Waals surface area (Å²) in [5, 5.41) is 0. The summed E-state index contributed by atoms with van der Waals surface area (Å²) in [6.45, 7) is 0. The molecule has 1 aliphatic carbocycles. The highest BCUT2D eigenvalue weighted by Gasteiger charge is 2.31. The van der Waals surface area contributed by atoms with Crippen LogP contribution in [0.25, 0.3) is 0 Å². The molecule has 0 aromatic rings. The molecule has 7 heavy (non-hydrogen) atoms. The van der Waals surface area contributed by atoms with Crippen molar-refractivity contribution in [2.24, 2.45) is 0 Å². The summed E-state index contributed by atoms with van der Waals surface area (Å²) in [6, 6.07) is 0. The van der Waals surface area contributed by atoms with E-state index in [1.54, 1.807) is 0 Å². The molecular weight excluding hydrogens is 138 g/mol. The van der Waals surface area contributed by atoms with Gasteiger partial charge in [-0.3, -0.25) is 4.70 Å². The lowest BCUT2D eigenvalue weighted by Gasteiger charge is -2.27. The third kappa shape index (κ3) is 1.83. The highest BCUT2D eigenvalue weighted by molar-refractivity contribution is 6.48. The lowest BCUT2D eigenvalue weighted by atomic mass is 9.99. The van der Waals surface area contributed by atoms with Crippen LogP contribution in [0.5, 0.6) is 0 Å². The topological polar surface area (TPSA) is 0 Å². The second kappa shape index (κ2) is 2.19. The van der Waals surface area contributed by atoms with Crippen LogP contribution in [0.4, 0.5) is 4.70 Å². The second-order valence-electron chi connectivity index (χ2n) is 1.71. The summed E-state index contributed by atoms with van der Waals surface area (Å²) in [5.74, 6) is 0. The van der Waals surface area contributed by atoms with Crippen molar-refractivity contribution in [2.75, 3.05) is 0 Å². The molecule has 44 valence electrons. The molecule has 0 unspecified atom stereocenters. The fourth-order valence-electron chi connectivity index (χ4n) is 0.444. The van der Waals surface area contributed by atoms with E-state index >= 15 is 0 Å². The largest absolute Gasteiger partial charge is 0.269 e. The Kier molecular flexibility index (Phi) is 2.34. The maximum absolute atomic E-state index is 5.57. The van der Waals surface area contributed by atoms with Crippen LogP contribution in [0.1, 0.15) is 19.3 Å². The Morgan fingerprint density at radius 1 is 1.14 bits per heavy atom. The highest BCUT2D eigenvalue weighted by Crippen LogP contribution is 2.41. The van der Waals surface area contributed by atoms with Crippen LogP contribution in [-0.4, -0.2) is 4.33 Å². The van der Waals surface area contributed by atoms with Gasteiger partial charge in [-0.25, -0.2) is 0 Å². The molecule has 0 amide bonds. The smallest absolute Gasteiger partial charge is 0.118 e. The molecule has 0 N–H and O–H groups in total. The number of hydrogen-bond acceptors (Lipinski definition) is 0. The fourth-order valence-corrected chi connectivity index (χ4v) is 0.979. The van der Waals surface area contributed by atoms with Gasteiger partial charge >= 0.3 is 0 Å². The zero-order chi connectivity index (χ0) is 4.62. The van der Waals surface area contributed by atoms with Gasteiger partial charge < -0.3 is 0 Å². The summed E-state index contributed by atoms with van der Waals surface area (Å²) >= 11 is 11.1. The van der Waals surface area contributed by atoms with E-state index in [-0.39, 0.29) is 9.04 Å². The van der Waals surface area contributed by atoms with E-state index in [9.17, 15) is 0 Å². The van der Waals surface area contributed by atoms with Gasteiger partial charge in [-0.1, -0.05) is 0 Å². The van der Waals surface area contributed by atoms with Crippen molar-refractivity contribution in [3.63, 3.8) is 0 Å². The molecule has 1 aliphatic rings. The van der Waals surface area contributed by atoms with Crippen molar-refractivity contribution in [2.45, 2.75) is 23.6 Å². The molecule has 0 bridgehead atoms. The zero-order valence-corrected chi connectivity index (χ0v) is 5.30. The van der Waals surface area contributed by atoms with Gasteiger partial charge in [0, 0.05) is 0 Å². The van der Waals surface area contributed by atoms with E-state index in [4.69, 9.17) is 23.2 Å². The lowest BCUT2D eigenvalue weighted by Crippen LogP contribution is -2.21. The molecule has 0 saturated heterocycles. The Hall–Kier alpha value is 0.510. The third-order valence-electron chi connectivity index (χ3n) is 1.09. The molecule has 0 atom stereocenters. The molecule has 1 fully saturated rings. The number of rotatable bonds is 0. The lowest BCUT2D eigenvalue weighted by molar-refractivity contribution is 0.467. The van der Waals surface area contributed by atoms with Crippen molar-refractivity contribution in [3.05, 3.63) is 0 Å². The molecule has 0 spiro atoms. The summed E-state index contributed by atoms with van der Waals surface area (Å²) in [5.41, 5.74) is 0. The van der Waals surface area contributed by atoms with Crippen LogP contribution in [0, 0.1) is 0 Å². The summed E-state index contributed by atoms with van der Waals surface area (Å²) < 4.78 is -0.333. The summed E-state index contributed by atoms with van der Waals surface area (Å²) in [4.78, 5) is 0. The molecule has 0 aromatic carbocycles. The number of hydrogen-bond donors (Lipinski definition) is 0. The second-order valence-corrected chi connectivity index (χ2v) is 3.35. The molecule has 0 aliphatic heterocycles. The van der Waals surface area contributed by atoms with Crippen LogP contribution in [0.2, 0.25) is 0 Å². The summed E-state index contributed by atoms with van der Waals surface area (Å²) in [6.07, 6.45) is 3.17. The van der Waals surface area contributed by atoms with Gasteiger partial charge in [0.15, 0.2) is 0 Å². The monoisotopic (exact) mass is 144 g/mol. The minimum atomic E-state index is -0.333. The van der Waals surface area contributed by atoms with Crippen molar-refractivity contribution >= 4 is 23.2 Å². The Morgan fingerprint density at radius 3 is 1.43 bits per heavy atom. The third-order valence-corrected chi connectivity index (χ3v) is 1.84. The van der Waals surface area contributed by atoms with Gasteiger partial charge in [0.25, 0.3) is 0 Å². The van der Waals surface area contributed by atoms with E-state index in [0.717, 1.165) is 12.8 Å². The van der Waals surface area contributed by atoms with Gasteiger partial charge in [0.1, 0.15) is 4.33 Å². The molecule has 1 rings (SSSR count). The molecule has 0 aromatic heterocycles. The molecule has 3 heteroatoms. The Bertz CT molecular complexity index is 56.7. The normalized spacial score (nSPS) is 24.9.